The molecule has 500 valence electrons. The zero-order valence-corrected chi connectivity index (χ0v) is 55.2. The summed E-state index contributed by atoms with van der Waals surface area (Å²) in [7, 11) is 0. The van der Waals surface area contributed by atoms with Gasteiger partial charge < -0.3 is 67.1 Å². The number of aromatic amines is 3. The van der Waals surface area contributed by atoms with Crippen LogP contribution in [0.15, 0.2) is 122 Å². The van der Waals surface area contributed by atoms with E-state index in [4.69, 9.17) is 36.1 Å². The Hall–Kier alpha value is -7.46. The quantitative estimate of drug-likeness (QED) is 0.0202. The molecule has 0 unspecified atom stereocenters. The van der Waals surface area contributed by atoms with Gasteiger partial charge in [0.1, 0.15) is 44.6 Å². The van der Waals surface area contributed by atoms with E-state index in [1.54, 1.807) is 0 Å². The number of halogens is 3. The van der Waals surface area contributed by atoms with Gasteiger partial charge in [0.2, 0.25) is 17.7 Å². The first-order valence-electron chi connectivity index (χ1n) is 31.9. The van der Waals surface area contributed by atoms with Crippen molar-refractivity contribution in [1.82, 2.24) is 30.9 Å². The van der Waals surface area contributed by atoms with E-state index in [9.17, 15) is 33.6 Å². The second-order valence-electron chi connectivity index (χ2n) is 26.2. The maximum atomic E-state index is 14.5. The summed E-state index contributed by atoms with van der Waals surface area (Å²) in [5.74, 6) is -4.45. The summed E-state index contributed by atoms with van der Waals surface area (Å²) in [5, 5.41) is 11.1. The molecule has 0 aliphatic heterocycles. The SMILES string of the molecule is C[C@H](CCC(=O)OCc1ccccc1)[C@H]1CC[C@H]2[C@@H]3[C@H](OC(=O)CNC(=O)[C@@H](N)Cc4c[nH]c5ccccc45)C[C@@H]4C[C@H](OC(=O)CNC(=O)[C@@H](N)Cc5c[nH]c6ccccc56)CC[C@]4(C)[C@H]3C[C@H](OC(=O)CNC(=O)[C@@H](N)Cc3c[nH]c4ccccc34)[C@]12C.Cl.Cl.Cl. The van der Waals surface area contributed by atoms with Crippen LogP contribution in [0.3, 0.4) is 0 Å². The summed E-state index contributed by atoms with van der Waals surface area (Å²) in [6.45, 7) is 5.51. The largest absolute Gasteiger partial charge is 0.461 e. The molecule has 0 radical (unpaired) electrons. The molecule has 20 nitrogen and oxygen atoms in total. The smallest absolute Gasteiger partial charge is 0.325 e. The Balaban J connectivity index is 0.00000370. The minimum Gasteiger partial charge on any atom is -0.461 e. The van der Waals surface area contributed by atoms with Crippen LogP contribution in [0.1, 0.15) is 101 Å². The van der Waals surface area contributed by atoms with Crippen LogP contribution in [-0.4, -0.2) is 113 Å². The van der Waals surface area contributed by atoms with Crippen LogP contribution >= 0.6 is 37.2 Å². The lowest BCUT2D eigenvalue weighted by Gasteiger charge is -2.64. The number of aromatic nitrogens is 3. The summed E-state index contributed by atoms with van der Waals surface area (Å²) in [4.78, 5) is 106. The van der Waals surface area contributed by atoms with Crippen molar-refractivity contribution in [3.63, 3.8) is 0 Å². The van der Waals surface area contributed by atoms with Gasteiger partial charge in [-0.15, -0.1) is 37.2 Å². The fourth-order valence-corrected chi connectivity index (χ4v) is 16.2. The molecule has 93 heavy (non-hydrogen) atoms. The summed E-state index contributed by atoms with van der Waals surface area (Å²) >= 11 is 0. The molecule has 3 heterocycles. The molecule has 11 rings (SSSR count). The van der Waals surface area contributed by atoms with Gasteiger partial charge in [0.15, 0.2) is 0 Å². The van der Waals surface area contributed by atoms with Gasteiger partial charge in [-0.3, -0.25) is 33.6 Å². The van der Waals surface area contributed by atoms with Gasteiger partial charge in [0.25, 0.3) is 0 Å². The van der Waals surface area contributed by atoms with Crippen molar-refractivity contribution in [3.05, 3.63) is 144 Å². The highest BCUT2D eigenvalue weighted by molar-refractivity contribution is 5.90. The average molecular weight is 1340 g/mol. The summed E-state index contributed by atoms with van der Waals surface area (Å²) in [5.41, 5.74) is 24.5. The number of hydrogen-bond acceptors (Lipinski definition) is 14. The molecule has 3 aromatic heterocycles. The molecule has 4 saturated carbocycles. The number of fused-ring (bicyclic) bond motifs is 8. The van der Waals surface area contributed by atoms with E-state index in [0.717, 1.165) is 61.4 Å². The topological polar surface area (TPSA) is 318 Å². The van der Waals surface area contributed by atoms with E-state index in [2.05, 4.69) is 51.7 Å². The van der Waals surface area contributed by atoms with Crippen LogP contribution in [0.5, 0.6) is 0 Å². The predicted molar refractivity (Wildman–Crippen MR) is 361 cm³/mol. The average Bonchev–Trinajstić information content (AvgIpc) is 1.69. The molecular formula is C70H88Cl3N9O11. The number of carbonyl (C=O) groups excluding carboxylic acids is 7. The third-order valence-corrected chi connectivity index (χ3v) is 20.9. The molecule has 3 amide bonds. The molecule has 4 aliphatic rings. The number of amides is 3. The molecule has 0 spiro atoms. The summed E-state index contributed by atoms with van der Waals surface area (Å²) in [6.07, 6.45) is 8.95. The highest BCUT2D eigenvalue weighted by atomic mass is 35.5. The highest BCUT2D eigenvalue weighted by Crippen LogP contribution is 2.69. The zero-order chi connectivity index (χ0) is 63.3. The van der Waals surface area contributed by atoms with Gasteiger partial charge in [-0.25, -0.2) is 0 Å². The van der Waals surface area contributed by atoms with Gasteiger partial charge in [-0.05, 0) is 146 Å². The Morgan fingerprint density at radius 1 is 0.548 bits per heavy atom. The van der Waals surface area contributed by atoms with Crippen LogP contribution in [0.25, 0.3) is 32.7 Å². The number of nitrogens with one attached hydrogen (secondary N) is 6. The zero-order valence-electron chi connectivity index (χ0n) is 52.7. The molecule has 14 atom stereocenters. The normalized spacial score (nSPS) is 24.9. The lowest BCUT2D eigenvalue weighted by molar-refractivity contribution is -0.225. The van der Waals surface area contributed by atoms with Crippen molar-refractivity contribution < 1.29 is 52.5 Å². The molecule has 23 heteroatoms. The number of carbonyl (C=O) groups is 7. The van der Waals surface area contributed by atoms with Gasteiger partial charge in [-0.1, -0.05) is 106 Å². The first-order chi connectivity index (χ1) is 43.4. The number of rotatable bonds is 24. The predicted octanol–water partition coefficient (Wildman–Crippen LogP) is 8.53. The molecule has 7 aromatic rings. The fourth-order valence-electron chi connectivity index (χ4n) is 16.2. The molecular weight excluding hydrogens is 1250 g/mol. The maximum absolute atomic E-state index is 14.5. The Bertz CT molecular complexity index is 3750. The van der Waals surface area contributed by atoms with Crippen LogP contribution < -0.4 is 33.2 Å². The molecule has 0 saturated heterocycles. The molecule has 12 N–H and O–H groups in total. The highest BCUT2D eigenvalue weighted by Gasteiger charge is 2.68. The fraction of sp³-hybridized carbons (Fsp3) is 0.471. The molecule has 4 aromatic carbocycles. The number of hydrogen-bond donors (Lipinski definition) is 9. The lowest BCUT2D eigenvalue weighted by Crippen LogP contribution is -2.64. The number of nitrogens with two attached hydrogens (primary N) is 3. The van der Waals surface area contributed by atoms with Gasteiger partial charge in [-0.2, -0.15) is 0 Å². The Labute approximate surface area is 560 Å². The Morgan fingerprint density at radius 2 is 1.01 bits per heavy atom. The third-order valence-electron chi connectivity index (χ3n) is 20.9. The number of esters is 4. The van der Waals surface area contributed by atoms with Crippen LogP contribution in [0.2, 0.25) is 0 Å². The monoisotopic (exact) mass is 1340 g/mol. The first-order valence-corrected chi connectivity index (χ1v) is 31.9. The van der Waals surface area contributed by atoms with Crippen molar-refractivity contribution in [2.45, 2.75) is 141 Å². The van der Waals surface area contributed by atoms with E-state index in [0.29, 0.717) is 44.9 Å². The van der Waals surface area contributed by atoms with E-state index < -0.39 is 96.0 Å². The maximum Gasteiger partial charge on any atom is 0.325 e. The van der Waals surface area contributed by atoms with Crippen molar-refractivity contribution in [2.24, 2.45) is 63.5 Å². The number of benzene rings is 4. The second-order valence-corrected chi connectivity index (χ2v) is 26.2. The lowest BCUT2D eigenvalue weighted by atomic mass is 9.43. The van der Waals surface area contributed by atoms with Crippen LogP contribution in [-0.2, 0) is 78.4 Å². The van der Waals surface area contributed by atoms with Crippen molar-refractivity contribution >= 4 is 112 Å². The third kappa shape index (κ3) is 15.9. The second kappa shape index (κ2) is 31.2. The van der Waals surface area contributed by atoms with Gasteiger partial charge >= 0.3 is 23.9 Å². The summed E-state index contributed by atoms with van der Waals surface area (Å²) < 4.78 is 25.3. The van der Waals surface area contributed by atoms with E-state index >= 15 is 0 Å². The van der Waals surface area contributed by atoms with Crippen molar-refractivity contribution in [2.75, 3.05) is 19.6 Å². The van der Waals surface area contributed by atoms with Crippen molar-refractivity contribution in [1.29, 1.82) is 0 Å². The minimum absolute atomic E-state index is 0. The Kier molecular flexibility index (Phi) is 23.9. The summed E-state index contributed by atoms with van der Waals surface area (Å²) in [6, 6.07) is 30.0. The molecule has 0 bridgehead atoms. The van der Waals surface area contributed by atoms with Crippen molar-refractivity contribution in [3.8, 4) is 0 Å². The van der Waals surface area contributed by atoms with E-state index in [1.165, 1.54) is 0 Å². The number of para-hydroxylation sites is 3. The minimum atomic E-state index is -0.953. The number of H-pyrrole nitrogens is 3. The number of ether oxygens (including phenoxy) is 4. The van der Waals surface area contributed by atoms with E-state index in [-0.39, 0.29) is 118 Å². The van der Waals surface area contributed by atoms with Crippen LogP contribution in [0.4, 0.5) is 0 Å². The molecule has 4 aliphatic carbocycles. The van der Waals surface area contributed by atoms with E-state index in [1.807, 2.05) is 122 Å². The standard InChI is InChI=1S/C70H85N9O11.3ClH/c1-40(21-24-61(80)87-39-41-13-5-4-6-14-41)50-22-23-51-65-52(32-60(70(50,51)3)90-64(83)38-79-68(86)55(73)29-44-35-76-58-20-12-9-17-49(44)58)69(2)26-25-46(88-62(81)36-77-66(84)53(71)27-42-33-74-56-18-10-7-15-47(42)56)30-45(69)31-59(65)89-63(82)37-78-67(85)54(72)28-43-34-75-57-19-11-8-16-48(43)57;;;/h4-20,33-35,40,45-46,50-55,59-60,65,74-76H,21-32,36-39,71-73H2,1-3H3,(H,77,84)(H,78,85)(H,79,86);3*1H/t40-,45+,46-,50-,51+,52+,53+,54+,55+,59-,60+,65+,69+,70-;;;/m1.../s1. The molecule has 4 fully saturated rings. The Morgan fingerprint density at radius 3 is 1.52 bits per heavy atom. The van der Waals surface area contributed by atoms with Gasteiger partial charge in [0.05, 0.1) is 18.1 Å². The first kappa shape index (κ1) is 71.4. The van der Waals surface area contributed by atoms with Gasteiger partial charge in [0, 0.05) is 69.1 Å². The van der Waals surface area contributed by atoms with Crippen LogP contribution in [0, 0.1) is 46.3 Å².